The average molecular weight is 574 g/mol. The molecule has 7 nitrogen and oxygen atoms in total. The number of para-hydroxylation sites is 1. The number of thioether (sulfide) groups is 1. The Labute approximate surface area is 244 Å². The van der Waals surface area contributed by atoms with Crippen LogP contribution in [-0.4, -0.2) is 27.3 Å². The van der Waals surface area contributed by atoms with Crippen molar-refractivity contribution in [3.8, 4) is 5.75 Å². The molecule has 0 saturated carbocycles. The fraction of sp³-hybridized carbons (Fsp3) is 0.258. The van der Waals surface area contributed by atoms with Gasteiger partial charge >= 0.3 is 0 Å². The van der Waals surface area contributed by atoms with Crippen LogP contribution in [0.4, 0.5) is 11.6 Å². The minimum atomic E-state index is -0.544. The van der Waals surface area contributed by atoms with Gasteiger partial charge in [-0.05, 0) is 56.5 Å². The topological polar surface area (TPSA) is 81.1 Å². The smallest absolute Gasteiger partial charge is 0.255 e. The van der Waals surface area contributed by atoms with Crippen LogP contribution in [0.15, 0.2) is 83.2 Å². The Kier molecular flexibility index (Phi) is 8.47. The third kappa shape index (κ3) is 5.88. The normalized spacial score (nSPS) is 14.5. The molecule has 1 aromatic heterocycles. The molecule has 1 atom stereocenters. The number of aromatic nitrogens is 3. The van der Waals surface area contributed by atoms with Gasteiger partial charge in [0.1, 0.15) is 11.8 Å². The monoisotopic (exact) mass is 573 g/mol. The highest BCUT2D eigenvalue weighted by atomic mass is 35.5. The van der Waals surface area contributed by atoms with Crippen LogP contribution >= 0.6 is 23.4 Å². The predicted molar refractivity (Wildman–Crippen MR) is 162 cm³/mol. The largest absolute Gasteiger partial charge is 0.493 e. The van der Waals surface area contributed by atoms with Crippen molar-refractivity contribution in [2.75, 3.05) is 17.2 Å². The van der Waals surface area contributed by atoms with Crippen molar-refractivity contribution in [2.24, 2.45) is 0 Å². The first kappa shape index (κ1) is 27.8. The summed E-state index contributed by atoms with van der Waals surface area (Å²) in [6.45, 7) is 8.56. The Balaban J connectivity index is 1.54. The van der Waals surface area contributed by atoms with Crippen LogP contribution in [0.3, 0.4) is 0 Å². The second kappa shape index (κ2) is 12.2. The van der Waals surface area contributed by atoms with Gasteiger partial charge in [0.05, 0.1) is 12.2 Å². The molecule has 2 heterocycles. The van der Waals surface area contributed by atoms with Crippen molar-refractivity contribution >= 4 is 40.9 Å². The van der Waals surface area contributed by atoms with Gasteiger partial charge in [-0.15, -0.1) is 5.10 Å². The third-order valence-corrected chi connectivity index (χ3v) is 7.95. The number of nitrogens with zero attached hydrogens (tertiary/aromatic N) is 3. The van der Waals surface area contributed by atoms with E-state index in [1.54, 1.807) is 4.68 Å². The molecule has 1 aliphatic rings. The molecule has 0 spiro atoms. The number of carbonyl (C=O) groups is 1. The van der Waals surface area contributed by atoms with Crippen LogP contribution in [0.25, 0.3) is 0 Å². The highest BCUT2D eigenvalue weighted by molar-refractivity contribution is 7.98. The number of nitrogens with one attached hydrogen (secondary N) is 2. The van der Waals surface area contributed by atoms with Crippen molar-refractivity contribution in [1.29, 1.82) is 0 Å². The van der Waals surface area contributed by atoms with E-state index in [1.807, 2.05) is 81.4 Å². The molecule has 1 amide bonds. The highest BCUT2D eigenvalue weighted by Crippen LogP contribution is 2.40. The maximum Gasteiger partial charge on any atom is 0.255 e. The van der Waals surface area contributed by atoms with Crippen LogP contribution in [0.2, 0.25) is 5.02 Å². The molecule has 3 aromatic carbocycles. The van der Waals surface area contributed by atoms with Crippen molar-refractivity contribution < 1.29 is 9.53 Å². The van der Waals surface area contributed by atoms with Gasteiger partial charge in [-0.25, -0.2) is 4.68 Å². The first-order valence-corrected chi connectivity index (χ1v) is 14.6. The lowest BCUT2D eigenvalue weighted by Gasteiger charge is -2.29. The molecule has 5 rings (SSSR count). The van der Waals surface area contributed by atoms with Crippen LogP contribution in [-0.2, 0) is 10.5 Å². The van der Waals surface area contributed by atoms with Crippen LogP contribution in [0, 0.1) is 13.8 Å². The summed E-state index contributed by atoms with van der Waals surface area (Å²) in [5.74, 6) is 1.69. The molecule has 9 heteroatoms. The molecule has 1 aliphatic heterocycles. The van der Waals surface area contributed by atoms with Crippen molar-refractivity contribution in [1.82, 2.24) is 14.8 Å². The zero-order valence-corrected chi connectivity index (χ0v) is 24.6. The van der Waals surface area contributed by atoms with Crippen LogP contribution in [0.5, 0.6) is 5.75 Å². The van der Waals surface area contributed by atoms with Gasteiger partial charge in [-0.1, -0.05) is 84.4 Å². The number of halogens is 1. The molecular weight excluding hydrogens is 542 g/mol. The molecular formula is C31H32ClN5O2S. The maximum absolute atomic E-state index is 14.0. The number of amides is 1. The molecule has 0 saturated heterocycles. The second-order valence-electron chi connectivity index (χ2n) is 9.77. The molecule has 4 aromatic rings. The molecule has 40 heavy (non-hydrogen) atoms. The predicted octanol–water partition coefficient (Wildman–Crippen LogP) is 7.56. The van der Waals surface area contributed by atoms with Crippen LogP contribution < -0.4 is 15.4 Å². The molecule has 0 radical (unpaired) electrons. The van der Waals surface area contributed by atoms with Gasteiger partial charge < -0.3 is 15.4 Å². The number of hydrogen-bond acceptors (Lipinski definition) is 6. The average Bonchev–Trinajstić information content (AvgIpc) is 3.34. The Hall–Kier alpha value is -3.75. The molecule has 206 valence electrons. The van der Waals surface area contributed by atoms with E-state index < -0.39 is 6.04 Å². The summed E-state index contributed by atoms with van der Waals surface area (Å²) in [6.07, 6.45) is 0.868. The number of anilines is 2. The lowest BCUT2D eigenvalue weighted by atomic mass is 9.94. The van der Waals surface area contributed by atoms with Gasteiger partial charge in [0.15, 0.2) is 0 Å². The third-order valence-electron chi connectivity index (χ3n) is 6.70. The number of rotatable bonds is 9. The van der Waals surface area contributed by atoms with Crippen LogP contribution in [0.1, 0.15) is 48.6 Å². The van der Waals surface area contributed by atoms with Gasteiger partial charge in [-0.3, -0.25) is 4.79 Å². The van der Waals surface area contributed by atoms with E-state index in [0.717, 1.165) is 34.4 Å². The number of fused-ring (bicyclic) bond motifs is 1. The van der Waals surface area contributed by atoms with Gasteiger partial charge in [-0.2, -0.15) is 4.98 Å². The summed E-state index contributed by atoms with van der Waals surface area (Å²) in [4.78, 5) is 18.7. The van der Waals surface area contributed by atoms with E-state index in [9.17, 15) is 4.79 Å². The minimum Gasteiger partial charge on any atom is -0.493 e. The summed E-state index contributed by atoms with van der Waals surface area (Å²) in [7, 11) is 0. The summed E-state index contributed by atoms with van der Waals surface area (Å²) in [5.41, 5.74) is 6.01. The minimum absolute atomic E-state index is 0.210. The Morgan fingerprint density at radius 1 is 1.10 bits per heavy atom. The number of aryl methyl sites for hydroxylation is 2. The summed E-state index contributed by atoms with van der Waals surface area (Å²) >= 11 is 7.87. The maximum atomic E-state index is 14.0. The Morgan fingerprint density at radius 3 is 2.65 bits per heavy atom. The van der Waals surface area contributed by atoms with Crippen molar-refractivity contribution in [3.63, 3.8) is 0 Å². The van der Waals surface area contributed by atoms with Gasteiger partial charge in [0, 0.05) is 27.7 Å². The fourth-order valence-corrected chi connectivity index (χ4v) is 5.84. The van der Waals surface area contributed by atoms with Crippen molar-refractivity contribution in [2.45, 2.75) is 51.1 Å². The highest BCUT2D eigenvalue weighted by Gasteiger charge is 2.36. The quantitative estimate of drug-likeness (QED) is 0.201. The van der Waals surface area contributed by atoms with E-state index in [1.165, 1.54) is 11.8 Å². The van der Waals surface area contributed by atoms with E-state index in [2.05, 4.69) is 23.6 Å². The van der Waals surface area contributed by atoms with E-state index in [4.69, 9.17) is 26.4 Å². The lowest BCUT2D eigenvalue weighted by molar-refractivity contribution is -0.113. The molecule has 1 unspecified atom stereocenters. The standard InChI is InChI=1S/C31H32ClN5O2S/c1-5-16-39-26-13-9-7-11-23(26)28-27(29(38)34-25-15-14-19(2)17-20(25)3)21(4)33-30-35-31(36-37(28)30)40-18-22-10-6-8-12-24(22)32/h6-15,17,28H,5,16,18H2,1-4H3,(H,34,38)(H,33,35,36). The van der Waals surface area contributed by atoms with Gasteiger partial charge in [0.25, 0.3) is 5.91 Å². The first-order chi connectivity index (χ1) is 19.4. The molecule has 0 fully saturated rings. The zero-order valence-electron chi connectivity index (χ0n) is 23.0. The second-order valence-corrected chi connectivity index (χ2v) is 11.1. The number of carbonyl (C=O) groups excluding carboxylic acids is 1. The number of hydrogen-bond donors (Lipinski definition) is 2. The number of benzene rings is 3. The first-order valence-electron chi connectivity index (χ1n) is 13.3. The molecule has 2 N–H and O–H groups in total. The SMILES string of the molecule is CCCOc1ccccc1C1C(C(=O)Nc2ccc(C)cc2C)=C(C)Nc2nc(SCc3ccccc3Cl)nn21. The van der Waals surface area contributed by atoms with Gasteiger partial charge in [0.2, 0.25) is 11.1 Å². The summed E-state index contributed by atoms with van der Waals surface area (Å²) in [6, 6.07) is 21.0. The number of allylic oxidation sites excluding steroid dienone is 1. The van der Waals surface area contributed by atoms with E-state index >= 15 is 0 Å². The Morgan fingerprint density at radius 2 is 1.88 bits per heavy atom. The molecule has 0 aliphatic carbocycles. The van der Waals surface area contributed by atoms with E-state index in [0.29, 0.717) is 45.5 Å². The summed E-state index contributed by atoms with van der Waals surface area (Å²) < 4.78 is 7.92. The zero-order chi connectivity index (χ0) is 28.2. The lowest BCUT2D eigenvalue weighted by Crippen LogP contribution is -2.32. The summed E-state index contributed by atoms with van der Waals surface area (Å²) in [5, 5.41) is 12.6. The Bertz CT molecular complexity index is 1580. The van der Waals surface area contributed by atoms with E-state index in [-0.39, 0.29) is 5.91 Å². The number of ether oxygens (including phenoxy) is 1. The molecule has 0 bridgehead atoms. The van der Waals surface area contributed by atoms with Crippen molar-refractivity contribution in [3.05, 3.63) is 105 Å². The fourth-order valence-electron chi connectivity index (χ4n) is 4.73.